The van der Waals surface area contributed by atoms with Crippen molar-refractivity contribution in [3.63, 3.8) is 0 Å². The molecule has 2 aromatic heterocycles. The molecule has 2 aromatic carbocycles. The first-order valence-electron chi connectivity index (χ1n) is 12.0. The number of H-pyrrole nitrogens is 2. The second-order valence-corrected chi connectivity index (χ2v) is 9.48. The van der Waals surface area contributed by atoms with Crippen LogP contribution in [-0.2, 0) is 4.74 Å². The third-order valence-electron chi connectivity index (χ3n) is 7.62. The number of nitrogens with zero attached hydrogens (tertiary/aromatic N) is 3. The fourth-order valence-electron chi connectivity index (χ4n) is 6.01. The average Bonchev–Trinajstić information content (AvgIpc) is 3.62. The van der Waals surface area contributed by atoms with E-state index in [1.165, 1.54) is 36.6 Å². The van der Waals surface area contributed by atoms with Crippen LogP contribution in [0.1, 0.15) is 37.7 Å². The second kappa shape index (κ2) is 7.59. The van der Waals surface area contributed by atoms with Gasteiger partial charge < -0.3 is 9.72 Å². The number of benzene rings is 2. The molecule has 0 unspecified atom stereocenters. The lowest BCUT2D eigenvalue weighted by atomic mass is 9.97. The van der Waals surface area contributed by atoms with Crippen LogP contribution in [0.5, 0.6) is 0 Å². The molecule has 2 saturated heterocycles. The molecule has 2 bridgehead atoms. The minimum absolute atomic E-state index is 0.708. The van der Waals surface area contributed by atoms with Gasteiger partial charge in [0.15, 0.2) is 0 Å². The second-order valence-electron chi connectivity index (χ2n) is 9.48. The summed E-state index contributed by atoms with van der Waals surface area (Å²) >= 11 is 0. The molecule has 6 heteroatoms. The molecule has 0 atom stereocenters. The standard InChI is InChI=1S/C27H27N5O/c1-4-21(22-10-12-28-25(22)5-1)17-13-23(24-15-30-31-26(24)14-17)27-29-11-2-3-20(33-27)16-32-18-6-7-19(32)9-8-18/h1,3-5,10,12-15,18-19,28H,2,6-9,11,16H2,(H,30,31). The Morgan fingerprint density at radius 3 is 2.73 bits per heavy atom. The quantitative estimate of drug-likeness (QED) is 0.450. The number of nitrogens with one attached hydrogen (secondary N) is 2. The van der Waals surface area contributed by atoms with Gasteiger partial charge in [-0.1, -0.05) is 12.1 Å². The van der Waals surface area contributed by atoms with Crippen LogP contribution in [-0.4, -0.2) is 51.2 Å². The van der Waals surface area contributed by atoms with Crippen molar-refractivity contribution in [3.8, 4) is 11.1 Å². The Kier molecular flexibility index (Phi) is 4.40. The van der Waals surface area contributed by atoms with E-state index >= 15 is 0 Å². The molecule has 6 nitrogen and oxygen atoms in total. The maximum Gasteiger partial charge on any atom is 0.222 e. The van der Waals surface area contributed by atoms with Crippen LogP contribution >= 0.6 is 0 Å². The van der Waals surface area contributed by atoms with Crippen molar-refractivity contribution in [2.45, 2.75) is 44.2 Å². The number of hydrogen-bond acceptors (Lipinski definition) is 4. The zero-order chi connectivity index (χ0) is 21.8. The normalized spacial score (nSPS) is 23.0. The molecule has 2 N–H and O–H groups in total. The van der Waals surface area contributed by atoms with E-state index in [1.807, 2.05) is 12.4 Å². The summed E-state index contributed by atoms with van der Waals surface area (Å²) in [6.45, 7) is 1.63. The fraction of sp³-hybridized carbons (Fsp3) is 0.333. The number of rotatable bonds is 4. The first kappa shape index (κ1) is 19.1. The first-order chi connectivity index (χ1) is 16.3. The topological polar surface area (TPSA) is 69.3 Å². The molecule has 0 radical (unpaired) electrons. The van der Waals surface area contributed by atoms with Gasteiger partial charge in [0, 0.05) is 46.7 Å². The summed E-state index contributed by atoms with van der Waals surface area (Å²) in [7, 11) is 0. The minimum atomic E-state index is 0.708. The smallest absolute Gasteiger partial charge is 0.222 e. The SMILES string of the molecule is C1=C(CN2C3CCC2CC3)OC(c2cc(-c3cccc4[nH]ccc34)cc3[nH]ncc23)=NCC1. The van der Waals surface area contributed by atoms with Gasteiger partial charge in [-0.2, -0.15) is 5.10 Å². The summed E-state index contributed by atoms with van der Waals surface area (Å²) in [4.78, 5) is 10.8. The average molecular weight is 438 g/mol. The van der Waals surface area contributed by atoms with Crippen LogP contribution in [0.15, 0.2) is 65.6 Å². The van der Waals surface area contributed by atoms with Crippen LogP contribution in [0.2, 0.25) is 0 Å². The van der Waals surface area contributed by atoms with Crippen molar-refractivity contribution in [3.05, 3.63) is 66.2 Å². The highest BCUT2D eigenvalue weighted by atomic mass is 16.5. The van der Waals surface area contributed by atoms with Crippen molar-refractivity contribution < 1.29 is 4.74 Å². The Balaban J connectivity index is 1.27. The Bertz CT molecular complexity index is 1390. The van der Waals surface area contributed by atoms with Crippen LogP contribution in [0, 0.1) is 0 Å². The number of ether oxygens (including phenoxy) is 1. The summed E-state index contributed by atoms with van der Waals surface area (Å²) in [5, 5.41) is 9.75. The fourth-order valence-corrected chi connectivity index (χ4v) is 6.01. The van der Waals surface area contributed by atoms with Gasteiger partial charge in [0.05, 0.1) is 18.3 Å². The van der Waals surface area contributed by atoms with Gasteiger partial charge in [0.2, 0.25) is 5.90 Å². The van der Waals surface area contributed by atoms with Crippen molar-refractivity contribution in [1.29, 1.82) is 0 Å². The number of fused-ring (bicyclic) bond motifs is 4. The molecular weight excluding hydrogens is 410 g/mol. The van der Waals surface area contributed by atoms with Crippen molar-refractivity contribution >= 4 is 27.7 Å². The molecule has 7 rings (SSSR count). The molecule has 2 fully saturated rings. The van der Waals surface area contributed by atoms with E-state index in [9.17, 15) is 0 Å². The molecule has 33 heavy (non-hydrogen) atoms. The summed E-state index contributed by atoms with van der Waals surface area (Å²) in [6.07, 6.45) is 12.4. The summed E-state index contributed by atoms with van der Waals surface area (Å²) in [6, 6.07) is 14.3. The van der Waals surface area contributed by atoms with E-state index < -0.39 is 0 Å². The van der Waals surface area contributed by atoms with Crippen LogP contribution in [0.4, 0.5) is 0 Å². The molecule has 166 valence electrons. The lowest BCUT2D eigenvalue weighted by Gasteiger charge is -2.23. The monoisotopic (exact) mass is 437 g/mol. The highest BCUT2D eigenvalue weighted by Crippen LogP contribution is 2.38. The third kappa shape index (κ3) is 3.20. The Labute approximate surface area is 192 Å². The molecular formula is C27H27N5O. The van der Waals surface area contributed by atoms with Crippen molar-refractivity contribution in [2.24, 2.45) is 4.99 Å². The van der Waals surface area contributed by atoms with E-state index in [0.29, 0.717) is 5.90 Å². The van der Waals surface area contributed by atoms with Gasteiger partial charge in [0.1, 0.15) is 5.76 Å². The van der Waals surface area contributed by atoms with E-state index in [1.54, 1.807) is 0 Å². The van der Waals surface area contributed by atoms with E-state index in [-0.39, 0.29) is 0 Å². The first-order valence-corrected chi connectivity index (χ1v) is 12.0. The molecule has 3 aliphatic heterocycles. The third-order valence-corrected chi connectivity index (χ3v) is 7.62. The lowest BCUT2D eigenvalue weighted by Crippen LogP contribution is -2.31. The predicted octanol–water partition coefficient (Wildman–Crippen LogP) is 5.39. The van der Waals surface area contributed by atoms with E-state index in [0.717, 1.165) is 64.9 Å². The number of aromatic amines is 2. The molecule has 0 saturated carbocycles. The summed E-state index contributed by atoms with van der Waals surface area (Å²) in [5.74, 6) is 1.75. The van der Waals surface area contributed by atoms with Crippen LogP contribution in [0.3, 0.4) is 0 Å². The van der Waals surface area contributed by atoms with E-state index in [4.69, 9.17) is 9.73 Å². The maximum absolute atomic E-state index is 6.55. The number of aliphatic imine (C=N–C) groups is 1. The highest BCUT2D eigenvalue weighted by Gasteiger charge is 2.39. The van der Waals surface area contributed by atoms with Gasteiger partial charge >= 0.3 is 0 Å². The molecule has 5 heterocycles. The summed E-state index contributed by atoms with van der Waals surface area (Å²) in [5.41, 5.74) is 5.44. The maximum atomic E-state index is 6.55. The van der Waals surface area contributed by atoms with E-state index in [2.05, 4.69) is 62.6 Å². The van der Waals surface area contributed by atoms with Gasteiger partial charge in [-0.15, -0.1) is 0 Å². The van der Waals surface area contributed by atoms with Crippen LogP contribution in [0.25, 0.3) is 32.9 Å². The van der Waals surface area contributed by atoms with Gasteiger partial charge in [-0.25, -0.2) is 0 Å². The largest absolute Gasteiger partial charge is 0.442 e. The molecule has 0 aliphatic carbocycles. The van der Waals surface area contributed by atoms with Crippen molar-refractivity contribution in [2.75, 3.05) is 13.1 Å². The van der Waals surface area contributed by atoms with Crippen LogP contribution < -0.4 is 0 Å². The minimum Gasteiger partial charge on any atom is -0.442 e. The predicted molar refractivity (Wildman–Crippen MR) is 131 cm³/mol. The zero-order valence-electron chi connectivity index (χ0n) is 18.6. The molecule has 4 aromatic rings. The Hall–Kier alpha value is -3.38. The zero-order valence-corrected chi connectivity index (χ0v) is 18.6. The van der Waals surface area contributed by atoms with Gasteiger partial charge in [-0.3, -0.25) is 15.0 Å². The Morgan fingerprint density at radius 1 is 0.970 bits per heavy atom. The number of aromatic nitrogens is 3. The van der Waals surface area contributed by atoms with Gasteiger partial charge in [0.25, 0.3) is 0 Å². The molecule has 0 amide bonds. The lowest BCUT2D eigenvalue weighted by molar-refractivity contribution is 0.235. The number of hydrogen-bond donors (Lipinski definition) is 2. The molecule has 3 aliphatic rings. The van der Waals surface area contributed by atoms with Gasteiger partial charge in [-0.05, 0) is 73.6 Å². The van der Waals surface area contributed by atoms with Crippen molar-refractivity contribution in [1.82, 2.24) is 20.1 Å². The highest BCUT2D eigenvalue weighted by molar-refractivity contribution is 6.09. The Morgan fingerprint density at radius 2 is 1.85 bits per heavy atom. The summed E-state index contributed by atoms with van der Waals surface area (Å²) < 4.78 is 6.55. The molecule has 0 spiro atoms.